The molecule has 0 spiro atoms. The van der Waals surface area contributed by atoms with Gasteiger partial charge in [-0.1, -0.05) is 24.3 Å². The van der Waals surface area contributed by atoms with Crippen LogP contribution in [0.1, 0.15) is 15.2 Å². The molecule has 0 unspecified atom stereocenters. The van der Waals surface area contributed by atoms with Gasteiger partial charge >= 0.3 is 0 Å². The van der Waals surface area contributed by atoms with E-state index in [-0.39, 0.29) is 5.78 Å². The van der Waals surface area contributed by atoms with E-state index in [2.05, 4.69) is 0 Å². The van der Waals surface area contributed by atoms with Gasteiger partial charge in [0.25, 0.3) is 0 Å². The van der Waals surface area contributed by atoms with Crippen LogP contribution in [0, 0.1) is 0 Å². The van der Waals surface area contributed by atoms with E-state index >= 15 is 0 Å². The van der Waals surface area contributed by atoms with Crippen LogP contribution >= 0.6 is 11.3 Å². The van der Waals surface area contributed by atoms with Gasteiger partial charge in [-0.2, -0.15) is 0 Å². The lowest BCUT2D eigenvalue weighted by molar-refractivity contribution is 0.104. The Labute approximate surface area is 126 Å². The molecule has 0 atom stereocenters. The number of benzene rings is 2. The third-order valence-electron chi connectivity index (χ3n) is 3.40. The van der Waals surface area contributed by atoms with Gasteiger partial charge in [0.15, 0.2) is 0 Å². The first-order chi connectivity index (χ1) is 10.3. The normalized spacial score (nSPS) is 10.6. The van der Waals surface area contributed by atoms with Crippen LogP contribution in [0.2, 0.25) is 0 Å². The van der Waals surface area contributed by atoms with Gasteiger partial charge in [0.2, 0.25) is 5.78 Å². The number of rotatable bonds is 4. The summed E-state index contributed by atoms with van der Waals surface area (Å²) < 4.78 is 10.6. The quantitative estimate of drug-likeness (QED) is 0.679. The molecule has 0 saturated carbocycles. The Morgan fingerprint density at radius 3 is 2.33 bits per heavy atom. The molecule has 0 amide bonds. The van der Waals surface area contributed by atoms with Crippen LogP contribution in [0.3, 0.4) is 0 Å². The van der Waals surface area contributed by atoms with E-state index < -0.39 is 0 Å². The molecule has 0 aliphatic rings. The van der Waals surface area contributed by atoms with Gasteiger partial charge < -0.3 is 9.47 Å². The maximum Gasteiger partial charge on any atom is 0.207 e. The molecule has 4 heteroatoms. The zero-order chi connectivity index (χ0) is 14.8. The molecule has 3 aromatic rings. The number of ketones is 1. The molecule has 1 aromatic heterocycles. The Kier molecular flexibility index (Phi) is 3.62. The summed E-state index contributed by atoms with van der Waals surface area (Å²) in [6.07, 6.45) is 0. The molecule has 0 aliphatic heterocycles. The van der Waals surface area contributed by atoms with E-state index in [0.29, 0.717) is 16.2 Å². The van der Waals surface area contributed by atoms with Crippen molar-refractivity contribution in [3.05, 3.63) is 58.3 Å². The van der Waals surface area contributed by atoms with E-state index in [0.717, 1.165) is 16.5 Å². The number of thiophene rings is 1. The summed E-state index contributed by atoms with van der Waals surface area (Å²) >= 11 is 1.39. The van der Waals surface area contributed by atoms with E-state index in [4.69, 9.17) is 9.47 Å². The molecule has 0 bridgehead atoms. The molecule has 0 aliphatic carbocycles. The Morgan fingerprint density at radius 1 is 0.905 bits per heavy atom. The zero-order valence-corrected chi connectivity index (χ0v) is 12.6. The molecular formula is C17H14O3S. The fourth-order valence-electron chi connectivity index (χ4n) is 2.39. The summed E-state index contributed by atoms with van der Waals surface area (Å²) in [6.45, 7) is 0. The highest BCUT2D eigenvalue weighted by molar-refractivity contribution is 7.12. The molecule has 0 saturated heterocycles. The number of hydrogen-bond donors (Lipinski definition) is 0. The van der Waals surface area contributed by atoms with Gasteiger partial charge in [-0.15, -0.1) is 11.3 Å². The highest BCUT2D eigenvalue weighted by atomic mass is 32.1. The topological polar surface area (TPSA) is 35.5 Å². The van der Waals surface area contributed by atoms with Crippen LogP contribution in [-0.2, 0) is 0 Å². The number of ether oxygens (including phenoxy) is 2. The first-order valence-corrected chi connectivity index (χ1v) is 7.36. The Bertz CT molecular complexity index is 805. The van der Waals surface area contributed by atoms with Crippen LogP contribution in [0.25, 0.3) is 10.8 Å². The second-order valence-electron chi connectivity index (χ2n) is 4.51. The Morgan fingerprint density at radius 2 is 1.62 bits per heavy atom. The summed E-state index contributed by atoms with van der Waals surface area (Å²) in [7, 11) is 3.20. The standard InChI is InChI=1S/C17H14O3S/c1-19-14-8-7-13(11-5-3-4-6-12(11)14)16(18)17-15(20-2)9-10-21-17/h3-10H,1-2H3. The minimum Gasteiger partial charge on any atom is -0.496 e. The average molecular weight is 298 g/mol. The number of hydrogen-bond acceptors (Lipinski definition) is 4. The second kappa shape index (κ2) is 5.58. The number of carbonyl (C=O) groups excluding carboxylic acids is 1. The molecule has 21 heavy (non-hydrogen) atoms. The lowest BCUT2D eigenvalue weighted by Gasteiger charge is -2.10. The van der Waals surface area contributed by atoms with Crippen LogP contribution in [0.15, 0.2) is 47.8 Å². The molecule has 0 fully saturated rings. The van der Waals surface area contributed by atoms with Crippen LogP contribution < -0.4 is 9.47 Å². The average Bonchev–Trinajstić information content (AvgIpc) is 3.01. The van der Waals surface area contributed by atoms with E-state index in [9.17, 15) is 4.79 Å². The smallest absolute Gasteiger partial charge is 0.207 e. The minimum atomic E-state index is -0.0271. The van der Waals surface area contributed by atoms with Gasteiger partial charge in [-0.25, -0.2) is 0 Å². The third kappa shape index (κ3) is 2.28. The summed E-state index contributed by atoms with van der Waals surface area (Å²) in [4.78, 5) is 13.4. The summed E-state index contributed by atoms with van der Waals surface area (Å²) in [6, 6.07) is 13.2. The summed E-state index contributed by atoms with van der Waals surface area (Å²) in [5.74, 6) is 1.35. The van der Waals surface area contributed by atoms with Crippen molar-refractivity contribution in [3.63, 3.8) is 0 Å². The van der Waals surface area contributed by atoms with Crippen molar-refractivity contribution < 1.29 is 14.3 Å². The van der Waals surface area contributed by atoms with Gasteiger partial charge in [0, 0.05) is 10.9 Å². The van der Waals surface area contributed by atoms with Gasteiger partial charge in [-0.05, 0) is 29.0 Å². The van der Waals surface area contributed by atoms with Crippen LogP contribution in [0.5, 0.6) is 11.5 Å². The predicted molar refractivity (Wildman–Crippen MR) is 84.8 cm³/mol. The lowest BCUT2D eigenvalue weighted by atomic mass is 9.99. The SMILES string of the molecule is COc1ccsc1C(=O)c1ccc(OC)c2ccccc12. The van der Waals surface area contributed by atoms with E-state index in [1.54, 1.807) is 14.2 Å². The van der Waals surface area contributed by atoms with Crippen molar-refractivity contribution in [2.45, 2.75) is 0 Å². The van der Waals surface area contributed by atoms with E-state index in [1.165, 1.54) is 11.3 Å². The van der Waals surface area contributed by atoms with Crippen molar-refractivity contribution in [2.75, 3.05) is 14.2 Å². The Hall–Kier alpha value is -2.33. The van der Waals surface area contributed by atoms with Gasteiger partial charge in [0.1, 0.15) is 16.4 Å². The number of carbonyl (C=O) groups is 1. The largest absolute Gasteiger partial charge is 0.496 e. The van der Waals surface area contributed by atoms with Gasteiger partial charge in [-0.3, -0.25) is 4.79 Å². The Balaban J connectivity index is 2.19. The molecule has 2 aromatic carbocycles. The first kappa shape index (κ1) is 13.6. The van der Waals surface area contributed by atoms with Crippen molar-refractivity contribution in [3.8, 4) is 11.5 Å². The summed E-state index contributed by atoms with van der Waals surface area (Å²) in [5.41, 5.74) is 0.659. The fraction of sp³-hybridized carbons (Fsp3) is 0.118. The van der Waals surface area contributed by atoms with Crippen molar-refractivity contribution in [1.82, 2.24) is 0 Å². The molecule has 0 N–H and O–H groups in total. The molecule has 1 heterocycles. The monoisotopic (exact) mass is 298 g/mol. The molecule has 3 nitrogen and oxygen atoms in total. The maximum atomic E-state index is 12.8. The summed E-state index contributed by atoms with van der Waals surface area (Å²) in [5, 5.41) is 3.68. The van der Waals surface area contributed by atoms with E-state index in [1.807, 2.05) is 47.8 Å². The molecule has 3 rings (SSSR count). The van der Waals surface area contributed by atoms with Crippen LogP contribution in [0.4, 0.5) is 0 Å². The fourth-order valence-corrected chi connectivity index (χ4v) is 3.21. The third-order valence-corrected chi connectivity index (χ3v) is 4.30. The van der Waals surface area contributed by atoms with Crippen LogP contribution in [-0.4, -0.2) is 20.0 Å². The van der Waals surface area contributed by atoms with Crippen molar-refractivity contribution >= 4 is 27.9 Å². The highest BCUT2D eigenvalue weighted by Gasteiger charge is 2.19. The zero-order valence-electron chi connectivity index (χ0n) is 11.8. The second-order valence-corrected chi connectivity index (χ2v) is 5.42. The maximum absolute atomic E-state index is 12.8. The van der Waals surface area contributed by atoms with Crippen molar-refractivity contribution in [1.29, 1.82) is 0 Å². The molecular weight excluding hydrogens is 284 g/mol. The van der Waals surface area contributed by atoms with Gasteiger partial charge in [0.05, 0.1) is 14.2 Å². The van der Waals surface area contributed by atoms with Crippen molar-refractivity contribution in [2.24, 2.45) is 0 Å². The number of fused-ring (bicyclic) bond motifs is 1. The lowest BCUT2D eigenvalue weighted by Crippen LogP contribution is -2.02. The first-order valence-electron chi connectivity index (χ1n) is 6.48. The molecule has 106 valence electrons. The minimum absolute atomic E-state index is 0.0271. The predicted octanol–water partition coefficient (Wildman–Crippen LogP) is 4.15. The number of methoxy groups -OCH3 is 2. The highest BCUT2D eigenvalue weighted by Crippen LogP contribution is 2.33. The molecule has 0 radical (unpaired) electrons.